The second-order valence-corrected chi connectivity index (χ2v) is 8.68. The third-order valence-electron chi connectivity index (χ3n) is 4.82. The van der Waals surface area contributed by atoms with Crippen LogP contribution < -0.4 is 14.8 Å². The molecule has 0 saturated carbocycles. The van der Waals surface area contributed by atoms with E-state index >= 15 is 0 Å². The van der Waals surface area contributed by atoms with Crippen LogP contribution in [0, 0.1) is 11.3 Å². The first-order valence-corrected chi connectivity index (χ1v) is 11.2. The van der Waals surface area contributed by atoms with Gasteiger partial charge in [-0.25, -0.2) is 8.42 Å². The summed E-state index contributed by atoms with van der Waals surface area (Å²) < 4.78 is 43.2. The van der Waals surface area contributed by atoms with Crippen LogP contribution in [0.2, 0.25) is 0 Å². The van der Waals surface area contributed by atoms with Crippen LogP contribution in [0.5, 0.6) is 11.5 Å². The molecule has 32 heavy (non-hydrogen) atoms. The van der Waals surface area contributed by atoms with Gasteiger partial charge in [0, 0.05) is 19.2 Å². The van der Waals surface area contributed by atoms with Crippen LogP contribution in [0.25, 0.3) is 6.08 Å². The van der Waals surface area contributed by atoms with Crippen molar-refractivity contribution in [2.24, 2.45) is 0 Å². The number of nitrogens with zero attached hydrogens (tertiary/aromatic N) is 2. The van der Waals surface area contributed by atoms with Crippen LogP contribution in [0.4, 0.5) is 5.69 Å². The van der Waals surface area contributed by atoms with Crippen LogP contribution in [0.1, 0.15) is 5.56 Å². The topological polar surface area (TPSA) is 118 Å². The predicted octanol–water partition coefficient (Wildman–Crippen LogP) is 2.27. The third-order valence-corrected chi connectivity index (χ3v) is 6.76. The van der Waals surface area contributed by atoms with Gasteiger partial charge in [-0.2, -0.15) is 9.57 Å². The first-order chi connectivity index (χ1) is 15.4. The van der Waals surface area contributed by atoms with Crippen molar-refractivity contribution in [2.75, 3.05) is 45.8 Å². The van der Waals surface area contributed by atoms with Gasteiger partial charge in [0.05, 0.1) is 33.1 Å². The summed E-state index contributed by atoms with van der Waals surface area (Å²) >= 11 is 0. The molecule has 168 valence electrons. The zero-order chi connectivity index (χ0) is 23.1. The fraction of sp³-hybridized carbons (Fsp3) is 0.273. The number of anilines is 1. The molecule has 9 nitrogen and oxygen atoms in total. The highest BCUT2D eigenvalue weighted by Gasteiger charge is 2.30. The Morgan fingerprint density at radius 1 is 1.09 bits per heavy atom. The standard InChI is InChI=1S/C22H23N3O6S/c1-29-18-5-3-16(4-6-18)13-17(15-23)22(26)24-20-8-7-19(30-2)14-21(20)32(27,28)25-9-11-31-12-10-25/h3-8,13-14H,9-12H2,1-2H3,(H,24,26)/b17-13-. The number of hydrogen-bond donors (Lipinski definition) is 1. The Balaban J connectivity index is 1.92. The maximum atomic E-state index is 13.2. The lowest BCUT2D eigenvalue weighted by atomic mass is 10.1. The van der Waals surface area contributed by atoms with Crippen molar-refractivity contribution in [2.45, 2.75) is 4.90 Å². The summed E-state index contributed by atoms with van der Waals surface area (Å²) in [6, 6.07) is 13.0. The van der Waals surface area contributed by atoms with Crippen LogP contribution >= 0.6 is 0 Å². The van der Waals surface area contributed by atoms with Crippen LogP contribution in [-0.4, -0.2) is 59.2 Å². The lowest BCUT2D eigenvalue weighted by molar-refractivity contribution is -0.112. The van der Waals surface area contributed by atoms with Crippen molar-refractivity contribution in [1.29, 1.82) is 5.26 Å². The predicted molar refractivity (Wildman–Crippen MR) is 118 cm³/mol. The lowest BCUT2D eigenvalue weighted by Gasteiger charge is -2.27. The Labute approximate surface area is 186 Å². The zero-order valence-corrected chi connectivity index (χ0v) is 18.5. The number of hydrogen-bond acceptors (Lipinski definition) is 7. The van der Waals surface area contributed by atoms with Crippen LogP contribution in [0.15, 0.2) is 52.9 Å². The molecule has 0 radical (unpaired) electrons. The number of nitrogens with one attached hydrogen (secondary N) is 1. The van der Waals surface area contributed by atoms with Gasteiger partial charge in [-0.3, -0.25) is 4.79 Å². The van der Waals surface area contributed by atoms with E-state index in [-0.39, 0.29) is 42.5 Å². The van der Waals surface area contributed by atoms with Crippen LogP contribution in [0.3, 0.4) is 0 Å². The Hall–Kier alpha value is -3.39. The minimum absolute atomic E-state index is 0.0539. The molecule has 1 heterocycles. The van der Waals surface area contributed by atoms with Gasteiger partial charge in [0.15, 0.2) is 0 Å². The quantitative estimate of drug-likeness (QED) is 0.500. The minimum Gasteiger partial charge on any atom is -0.497 e. The average molecular weight is 458 g/mol. The summed E-state index contributed by atoms with van der Waals surface area (Å²) in [6.07, 6.45) is 1.41. The Bertz CT molecular complexity index is 1150. The SMILES string of the molecule is COc1ccc(/C=C(/C#N)C(=O)Nc2ccc(OC)cc2S(=O)(=O)N2CCOCC2)cc1. The van der Waals surface area contributed by atoms with Crippen molar-refractivity contribution < 1.29 is 27.4 Å². The molecule has 0 spiro atoms. The second kappa shape index (κ2) is 10.3. The molecule has 1 aliphatic heterocycles. The molecule has 0 aromatic heterocycles. The number of rotatable bonds is 7. The first-order valence-electron chi connectivity index (χ1n) is 9.72. The molecule has 2 aromatic carbocycles. The number of benzene rings is 2. The van der Waals surface area contributed by atoms with Gasteiger partial charge in [-0.05, 0) is 35.9 Å². The van der Waals surface area contributed by atoms with Crippen LogP contribution in [-0.2, 0) is 19.6 Å². The molecule has 1 aliphatic rings. The summed E-state index contributed by atoms with van der Waals surface area (Å²) in [5, 5.41) is 12.0. The van der Waals surface area contributed by atoms with E-state index in [4.69, 9.17) is 14.2 Å². The maximum absolute atomic E-state index is 13.2. The van der Waals surface area contributed by atoms with Gasteiger partial charge < -0.3 is 19.5 Å². The molecule has 0 bridgehead atoms. The third kappa shape index (κ3) is 5.26. The van der Waals surface area contributed by atoms with Gasteiger partial charge in [0.25, 0.3) is 5.91 Å². The molecular weight excluding hydrogens is 434 g/mol. The molecule has 0 atom stereocenters. The van der Waals surface area contributed by atoms with Gasteiger partial charge in [-0.1, -0.05) is 12.1 Å². The molecule has 3 rings (SSSR count). The first kappa shape index (κ1) is 23.3. The van der Waals surface area contributed by atoms with Crippen molar-refractivity contribution in [3.63, 3.8) is 0 Å². The summed E-state index contributed by atoms with van der Waals surface area (Å²) in [5.41, 5.74) is 0.493. The number of carbonyl (C=O) groups is 1. The Morgan fingerprint density at radius 2 is 1.72 bits per heavy atom. The van der Waals surface area contributed by atoms with Gasteiger partial charge in [0.2, 0.25) is 10.0 Å². The average Bonchev–Trinajstić information content (AvgIpc) is 2.83. The monoisotopic (exact) mass is 457 g/mol. The molecule has 2 aromatic rings. The van der Waals surface area contributed by atoms with E-state index in [1.165, 1.54) is 42.8 Å². The summed E-state index contributed by atoms with van der Waals surface area (Å²) in [6.45, 7) is 0.976. The van der Waals surface area contributed by atoms with E-state index in [9.17, 15) is 18.5 Å². The second-order valence-electron chi connectivity index (χ2n) is 6.78. The molecule has 1 amide bonds. The smallest absolute Gasteiger partial charge is 0.266 e. The van der Waals surface area contributed by atoms with E-state index in [0.717, 1.165) is 0 Å². The van der Waals surface area contributed by atoms with E-state index < -0.39 is 15.9 Å². The Kier molecular flexibility index (Phi) is 7.48. The zero-order valence-electron chi connectivity index (χ0n) is 17.7. The Morgan fingerprint density at radius 3 is 2.31 bits per heavy atom. The van der Waals surface area contributed by atoms with Crippen molar-refractivity contribution in [1.82, 2.24) is 4.31 Å². The highest BCUT2D eigenvalue weighted by atomic mass is 32.2. The summed E-state index contributed by atoms with van der Waals surface area (Å²) in [7, 11) is -0.969. The fourth-order valence-corrected chi connectivity index (χ4v) is 4.65. The van der Waals surface area contributed by atoms with Crippen molar-refractivity contribution in [3.8, 4) is 17.6 Å². The van der Waals surface area contributed by atoms with E-state index in [1.807, 2.05) is 6.07 Å². The molecule has 10 heteroatoms. The number of morpholine rings is 1. The number of methoxy groups -OCH3 is 2. The van der Waals surface area contributed by atoms with E-state index in [2.05, 4.69) is 5.32 Å². The lowest BCUT2D eigenvalue weighted by Crippen LogP contribution is -2.40. The largest absolute Gasteiger partial charge is 0.497 e. The molecule has 1 saturated heterocycles. The normalized spacial score (nSPS) is 15.0. The number of ether oxygens (including phenoxy) is 3. The molecule has 0 unspecified atom stereocenters. The highest BCUT2D eigenvalue weighted by molar-refractivity contribution is 7.89. The van der Waals surface area contributed by atoms with Gasteiger partial charge in [-0.15, -0.1) is 0 Å². The van der Waals surface area contributed by atoms with E-state index in [1.54, 1.807) is 24.3 Å². The van der Waals surface area contributed by atoms with Crippen molar-refractivity contribution in [3.05, 3.63) is 53.6 Å². The van der Waals surface area contributed by atoms with E-state index in [0.29, 0.717) is 17.1 Å². The minimum atomic E-state index is -3.93. The molecule has 1 fully saturated rings. The number of nitriles is 1. The summed E-state index contributed by atoms with van der Waals surface area (Å²) in [4.78, 5) is 12.7. The molecular formula is C22H23N3O6S. The fourth-order valence-electron chi connectivity index (χ4n) is 3.08. The van der Waals surface area contributed by atoms with Gasteiger partial charge in [0.1, 0.15) is 28.0 Å². The van der Waals surface area contributed by atoms with Gasteiger partial charge >= 0.3 is 0 Å². The maximum Gasteiger partial charge on any atom is 0.266 e. The highest BCUT2D eigenvalue weighted by Crippen LogP contribution is 2.30. The number of carbonyl (C=O) groups excluding carboxylic acids is 1. The number of sulfonamides is 1. The van der Waals surface area contributed by atoms with Crippen molar-refractivity contribution >= 4 is 27.7 Å². The molecule has 0 aliphatic carbocycles. The number of amides is 1. The summed E-state index contributed by atoms with van der Waals surface area (Å²) in [5.74, 6) is 0.234. The molecule has 1 N–H and O–H groups in total.